The van der Waals surface area contributed by atoms with Crippen molar-refractivity contribution < 1.29 is 14.3 Å². The number of amides is 1. The van der Waals surface area contributed by atoms with E-state index < -0.39 is 17.7 Å². The molecule has 2 aliphatic rings. The van der Waals surface area contributed by atoms with E-state index in [2.05, 4.69) is 10.6 Å². The van der Waals surface area contributed by atoms with Gasteiger partial charge in [-0.05, 0) is 75.5 Å². The molecule has 1 saturated heterocycles. The lowest BCUT2D eigenvalue weighted by Crippen LogP contribution is -2.72. The molecule has 6 nitrogen and oxygen atoms in total. The normalized spacial score (nSPS) is 22.5. The van der Waals surface area contributed by atoms with Gasteiger partial charge in [0, 0.05) is 22.0 Å². The molecule has 0 aromatic heterocycles. The molecule has 2 aliphatic heterocycles. The van der Waals surface area contributed by atoms with E-state index in [0.717, 1.165) is 16.8 Å². The molecule has 2 heterocycles. The maximum atomic E-state index is 13.9. The summed E-state index contributed by atoms with van der Waals surface area (Å²) in [4.78, 5) is 15.7. The minimum absolute atomic E-state index is 0.195. The van der Waals surface area contributed by atoms with Gasteiger partial charge in [-0.1, -0.05) is 41.4 Å². The maximum Gasteiger partial charge on any atom is 0.236 e. The van der Waals surface area contributed by atoms with Crippen molar-refractivity contribution in [2.45, 2.75) is 32.5 Å². The largest absolute Gasteiger partial charge is 0.490 e. The summed E-state index contributed by atoms with van der Waals surface area (Å²) in [6.07, 6.45) is 0. The van der Waals surface area contributed by atoms with Crippen LogP contribution in [0.5, 0.6) is 11.5 Å². The molecule has 1 fully saturated rings. The van der Waals surface area contributed by atoms with E-state index in [0.29, 0.717) is 33.9 Å². The summed E-state index contributed by atoms with van der Waals surface area (Å²) in [5, 5.41) is 7.56. The zero-order chi connectivity index (χ0) is 24.7. The molecule has 3 aromatic carbocycles. The summed E-state index contributed by atoms with van der Waals surface area (Å²) in [6.45, 7) is 6.36. The first-order valence-corrected chi connectivity index (χ1v) is 12.3. The molecule has 3 atom stereocenters. The number of aryl methyl sites for hydroxylation is 1. The third-order valence-electron chi connectivity index (χ3n) is 6.48. The van der Waals surface area contributed by atoms with Crippen molar-refractivity contribution in [3.05, 3.63) is 82.9 Å². The van der Waals surface area contributed by atoms with Crippen LogP contribution >= 0.6 is 23.8 Å². The van der Waals surface area contributed by atoms with Crippen LogP contribution in [0.2, 0.25) is 5.02 Å². The van der Waals surface area contributed by atoms with Crippen LogP contribution < -0.4 is 25.0 Å². The van der Waals surface area contributed by atoms with Crippen molar-refractivity contribution in [3.8, 4) is 11.5 Å². The fourth-order valence-electron chi connectivity index (χ4n) is 4.88. The highest BCUT2D eigenvalue weighted by Crippen LogP contribution is 2.52. The predicted octanol–water partition coefficient (Wildman–Crippen LogP) is 5.85. The summed E-state index contributed by atoms with van der Waals surface area (Å²) in [6, 6.07) is 20.3. The van der Waals surface area contributed by atoms with Gasteiger partial charge in [0.1, 0.15) is 5.92 Å². The molecule has 0 saturated carbocycles. The minimum atomic E-state index is -1.13. The summed E-state index contributed by atoms with van der Waals surface area (Å²) in [7, 11) is 0. The van der Waals surface area contributed by atoms with Crippen LogP contribution in [-0.2, 0) is 4.79 Å². The number of anilines is 2. The number of hydrogen-bond acceptors (Lipinski definition) is 4. The van der Waals surface area contributed by atoms with Crippen molar-refractivity contribution >= 4 is 46.2 Å². The summed E-state index contributed by atoms with van der Waals surface area (Å²) >= 11 is 11.9. The zero-order valence-electron chi connectivity index (χ0n) is 19.7. The van der Waals surface area contributed by atoms with Gasteiger partial charge in [0.05, 0.1) is 12.6 Å². The highest BCUT2D eigenvalue weighted by molar-refractivity contribution is 7.80. The van der Waals surface area contributed by atoms with Crippen molar-refractivity contribution in [1.29, 1.82) is 0 Å². The van der Waals surface area contributed by atoms with Crippen LogP contribution in [0.4, 0.5) is 11.4 Å². The van der Waals surface area contributed by atoms with Gasteiger partial charge in [-0.15, -0.1) is 0 Å². The molecule has 5 rings (SSSR count). The summed E-state index contributed by atoms with van der Waals surface area (Å²) in [5.41, 5.74) is 2.31. The molecule has 0 spiro atoms. The number of thiocarbonyl (C=S) groups is 1. The van der Waals surface area contributed by atoms with E-state index in [-0.39, 0.29) is 5.91 Å². The fourth-order valence-corrected chi connectivity index (χ4v) is 5.41. The maximum absolute atomic E-state index is 13.9. The number of benzene rings is 3. The molecule has 0 radical (unpaired) electrons. The Morgan fingerprint density at radius 1 is 1.17 bits per heavy atom. The lowest BCUT2D eigenvalue weighted by Gasteiger charge is -2.56. The Kier molecular flexibility index (Phi) is 6.07. The van der Waals surface area contributed by atoms with Crippen molar-refractivity contribution in [2.75, 3.05) is 16.8 Å². The first-order valence-electron chi connectivity index (χ1n) is 11.5. The van der Waals surface area contributed by atoms with Crippen LogP contribution in [0.25, 0.3) is 0 Å². The second-order valence-corrected chi connectivity index (χ2v) is 9.66. The van der Waals surface area contributed by atoms with Crippen molar-refractivity contribution in [2.24, 2.45) is 5.92 Å². The smallest absolute Gasteiger partial charge is 0.236 e. The van der Waals surface area contributed by atoms with Crippen molar-refractivity contribution in [3.63, 3.8) is 0 Å². The predicted molar refractivity (Wildman–Crippen MR) is 142 cm³/mol. The molecule has 35 heavy (non-hydrogen) atoms. The molecule has 3 aromatic rings. The van der Waals surface area contributed by atoms with E-state index in [1.807, 2.05) is 68.1 Å². The SMILES string of the molecule is CCOc1cccc2c1O[C@@]1(C)[C@@H](C(=O)Nc3ccc(Cl)cc3)[C@H]2NC(=S)N1c1ccc(C)cc1. The van der Waals surface area contributed by atoms with E-state index in [1.165, 1.54) is 0 Å². The number of halogens is 1. The number of fused-ring (bicyclic) bond motifs is 4. The number of carbonyl (C=O) groups excluding carboxylic acids is 1. The van der Waals surface area contributed by atoms with Gasteiger partial charge in [0.25, 0.3) is 0 Å². The lowest BCUT2D eigenvalue weighted by atomic mass is 9.78. The molecule has 2 N–H and O–H groups in total. The monoisotopic (exact) mass is 507 g/mol. The molecule has 1 amide bonds. The van der Waals surface area contributed by atoms with Crippen molar-refractivity contribution in [1.82, 2.24) is 5.32 Å². The second-order valence-electron chi connectivity index (χ2n) is 8.84. The topological polar surface area (TPSA) is 62.8 Å². The number of carbonyl (C=O) groups is 1. The molecule has 2 bridgehead atoms. The Morgan fingerprint density at radius 2 is 1.89 bits per heavy atom. The first kappa shape index (κ1) is 23.5. The molecule has 0 unspecified atom stereocenters. The first-order chi connectivity index (χ1) is 16.8. The number of nitrogens with one attached hydrogen (secondary N) is 2. The van der Waals surface area contributed by atoms with Crippen LogP contribution in [-0.4, -0.2) is 23.4 Å². The summed E-state index contributed by atoms with van der Waals surface area (Å²) in [5.74, 6) is 0.413. The lowest BCUT2D eigenvalue weighted by molar-refractivity contribution is -0.130. The zero-order valence-corrected chi connectivity index (χ0v) is 21.2. The number of ether oxygens (including phenoxy) is 2. The number of para-hydroxylation sites is 1. The Morgan fingerprint density at radius 3 is 2.57 bits per heavy atom. The van der Waals surface area contributed by atoms with Gasteiger partial charge in [0.15, 0.2) is 22.3 Å². The fraction of sp³-hybridized carbons (Fsp3) is 0.259. The van der Waals surface area contributed by atoms with Crippen LogP contribution in [0.3, 0.4) is 0 Å². The van der Waals surface area contributed by atoms with Gasteiger partial charge in [0.2, 0.25) is 5.91 Å². The standard InChI is InChI=1S/C27H26ClN3O3S/c1-4-33-21-7-5-6-20-23-22(25(32)29-18-12-10-17(28)11-13-18)27(3,34-24(20)21)31(26(35)30-23)19-14-8-16(2)9-15-19/h5-15,22-23H,4H2,1-3H3,(H,29,32)(H,30,35)/t22-,23+,27+/m1/s1. The Labute approximate surface area is 215 Å². The van der Waals surface area contributed by atoms with E-state index in [1.54, 1.807) is 24.3 Å². The highest BCUT2D eigenvalue weighted by atomic mass is 35.5. The number of rotatable bonds is 5. The number of nitrogens with zero attached hydrogens (tertiary/aromatic N) is 1. The Bertz CT molecular complexity index is 1280. The third-order valence-corrected chi connectivity index (χ3v) is 7.03. The minimum Gasteiger partial charge on any atom is -0.490 e. The van der Waals surface area contributed by atoms with Gasteiger partial charge in [-0.3, -0.25) is 9.69 Å². The average Bonchev–Trinajstić information content (AvgIpc) is 2.82. The highest BCUT2D eigenvalue weighted by Gasteiger charge is 2.59. The van der Waals surface area contributed by atoms with E-state index in [9.17, 15) is 4.79 Å². The third kappa shape index (κ3) is 4.09. The van der Waals surface area contributed by atoms with Gasteiger partial charge in [-0.25, -0.2) is 0 Å². The second kappa shape index (κ2) is 9.06. The van der Waals surface area contributed by atoms with Crippen LogP contribution in [0.15, 0.2) is 66.7 Å². The Balaban J connectivity index is 1.63. The molecular weight excluding hydrogens is 482 g/mol. The van der Waals surface area contributed by atoms with Crippen LogP contribution in [0.1, 0.15) is 31.0 Å². The van der Waals surface area contributed by atoms with Crippen LogP contribution in [0, 0.1) is 12.8 Å². The number of hydrogen-bond donors (Lipinski definition) is 2. The molecule has 8 heteroatoms. The molecular formula is C27H26ClN3O3S. The van der Waals surface area contributed by atoms with Gasteiger partial charge >= 0.3 is 0 Å². The Hall–Kier alpha value is -3.29. The molecule has 180 valence electrons. The van der Waals surface area contributed by atoms with Gasteiger partial charge in [-0.2, -0.15) is 0 Å². The van der Waals surface area contributed by atoms with E-state index in [4.69, 9.17) is 33.3 Å². The molecule has 0 aliphatic carbocycles. The van der Waals surface area contributed by atoms with Gasteiger partial charge < -0.3 is 20.1 Å². The van der Waals surface area contributed by atoms with E-state index >= 15 is 0 Å². The average molecular weight is 508 g/mol. The quantitative estimate of drug-likeness (QED) is 0.423. The summed E-state index contributed by atoms with van der Waals surface area (Å²) < 4.78 is 12.6.